The van der Waals surface area contributed by atoms with Crippen LogP contribution in [0.2, 0.25) is 5.02 Å². The van der Waals surface area contributed by atoms with Crippen LogP contribution in [0.15, 0.2) is 55.0 Å². The van der Waals surface area contributed by atoms with Gasteiger partial charge in [0.1, 0.15) is 17.1 Å². The van der Waals surface area contributed by atoms with Gasteiger partial charge in [-0.3, -0.25) is 9.20 Å². The fourth-order valence-corrected chi connectivity index (χ4v) is 5.47. The Morgan fingerprint density at radius 1 is 1.10 bits per heavy atom. The monoisotopic (exact) mass is 546 g/mol. The molecule has 0 bridgehead atoms. The third kappa shape index (κ3) is 5.22. The highest BCUT2D eigenvalue weighted by atomic mass is 35.5. The minimum atomic E-state index is -0.0287. The number of hydrogen-bond donors (Lipinski definition) is 2. The number of nitrogens with one attached hydrogen (secondary N) is 2. The lowest BCUT2D eigenvalue weighted by atomic mass is 10.0. The molecule has 0 unspecified atom stereocenters. The molecular weight excluding hydrogens is 516 g/mol. The van der Waals surface area contributed by atoms with Crippen molar-refractivity contribution in [2.24, 2.45) is 0 Å². The number of piperazine rings is 1. The van der Waals surface area contributed by atoms with Crippen LogP contribution in [0.4, 0.5) is 17.3 Å². The van der Waals surface area contributed by atoms with E-state index in [1.54, 1.807) is 19.5 Å². The highest BCUT2D eigenvalue weighted by molar-refractivity contribution is 6.32. The van der Waals surface area contributed by atoms with Gasteiger partial charge in [-0.05, 0) is 43.7 Å². The quantitative estimate of drug-likeness (QED) is 0.374. The van der Waals surface area contributed by atoms with Crippen LogP contribution in [0.3, 0.4) is 0 Å². The van der Waals surface area contributed by atoms with E-state index in [9.17, 15) is 4.79 Å². The molecule has 10 nitrogen and oxygen atoms in total. The molecule has 39 heavy (non-hydrogen) atoms. The molecule has 1 aromatic carbocycles. The second kappa shape index (κ2) is 11.1. The Morgan fingerprint density at radius 3 is 2.77 bits per heavy atom. The summed E-state index contributed by atoms with van der Waals surface area (Å²) in [6, 6.07) is 11.8. The summed E-state index contributed by atoms with van der Waals surface area (Å²) in [6.45, 7) is 3.90. The molecule has 0 radical (unpaired) electrons. The van der Waals surface area contributed by atoms with Gasteiger partial charge in [-0.1, -0.05) is 24.1 Å². The minimum Gasteiger partial charge on any atom is -0.494 e. The summed E-state index contributed by atoms with van der Waals surface area (Å²) < 4.78 is 7.65. The van der Waals surface area contributed by atoms with Crippen LogP contribution < -0.4 is 20.3 Å². The predicted octanol–water partition coefficient (Wildman–Crippen LogP) is 3.99. The SMILES string of the molecule is COc1cc(N2CCN(C(=O)[C@@H]3CCCCN3)CC2)ccc1Nc1ncc(Cl)c(-c2cnc3ccccn23)n1. The first-order chi connectivity index (χ1) is 19.1. The average molecular weight is 547 g/mol. The van der Waals surface area contributed by atoms with Crippen molar-refractivity contribution in [3.05, 3.63) is 60.0 Å². The number of carbonyl (C=O) groups excluding carboxylic acids is 1. The Bertz CT molecular complexity index is 1480. The molecule has 0 saturated carbocycles. The number of carbonyl (C=O) groups is 1. The van der Waals surface area contributed by atoms with E-state index in [1.165, 1.54) is 0 Å². The van der Waals surface area contributed by atoms with Gasteiger partial charge in [0.2, 0.25) is 11.9 Å². The standard InChI is InChI=1S/C28H31ClN8O2/c1-39-24-16-19(35-12-14-36(15-13-35)27(38)22-6-2-4-10-30-22)8-9-21(24)33-28-32-17-20(29)26(34-28)23-18-31-25-7-3-5-11-37(23)25/h3,5,7-9,11,16-18,22,30H,2,4,6,10,12-15H2,1H3,(H,32,33,34)/t22-/m0/s1. The van der Waals surface area contributed by atoms with Crippen LogP contribution in [0, 0.1) is 0 Å². The topological polar surface area (TPSA) is 99.9 Å². The van der Waals surface area contributed by atoms with Crippen molar-refractivity contribution >= 4 is 40.5 Å². The van der Waals surface area contributed by atoms with Crippen molar-refractivity contribution in [3.63, 3.8) is 0 Å². The Hall–Kier alpha value is -3.89. The smallest absolute Gasteiger partial charge is 0.239 e. The summed E-state index contributed by atoms with van der Waals surface area (Å²) in [4.78, 5) is 30.7. The Kier molecular flexibility index (Phi) is 7.21. The van der Waals surface area contributed by atoms with Gasteiger partial charge in [-0.25, -0.2) is 15.0 Å². The highest BCUT2D eigenvalue weighted by Gasteiger charge is 2.28. The van der Waals surface area contributed by atoms with Crippen LogP contribution in [-0.2, 0) is 4.79 Å². The molecule has 1 amide bonds. The first-order valence-electron chi connectivity index (χ1n) is 13.3. The molecule has 0 spiro atoms. The number of pyridine rings is 1. The lowest BCUT2D eigenvalue weighted by Crippen LogP contribution is -2.55. The van der Waals surface area contributed by atoms with E-state index >= 15 is 0 Å². The summed E-state index contributed by atoms with van der Waals surface area (Å²) in [5.74, 6) is 1.31. The van der Waals surface area contributed by atoms with Crippen LogP contribution in [-0.4, -0.2) is 76.0 Å². The largest absolute Gasteiger partial charge is 0.494 e. The molecule has 202 valence electrons. The third-order valence-electron chi connectivity index (χ3n) is 7.40. The zero-order valence-electron chi connectivity index (χ0n) is 21.8. The summed E-state index contributed by atoms with van der Waals surface area (Å²) in [6.07, 6.45) is 8.46. The van der Waals surface area contributed by atoms with Gasteiger partial charge < -0.3 is 25.2 Å². The Labute approximate surface area is 232 Å². The number of halogens is 1. The highest BCUT2D eigenvalue weighted by Crippen LogP contribution is 2.33. The molecule has 2 saturated heterocycles. The number of nitrogens with zero attached hydrogens (tertiary/aromatic N) is 6. The zero-order valence-corrected chi connectivity index (χ0v) is 22.6. The van der Waals surface area contributed by atoms with E-state index in [4.69, 9.17) is 16.3 Å². The summed E-state index contributed by atoms with van der Waals surface area (Å²) >= 11 is 6.48. The maximum atomic E-state index is 12.9. The fraction of sp³-hybridized carbons (Fsp3) is 0.357. The number of methoxy groups -OCH3 is 1. The van der Waals surface area contributed by atoms with E-state index in [0.29, 0.717) is 35.5 Å². The second-order valence-electron chi connectivity index (χ2n) is 9.79. The van der Waals surface area contributed by atoms with E-state index in [-0.39, 0.29) is 11.9 Å². The lowest BCUT2D eigenvalue weighted by molar-refractivity contribution is -0.134. The van der Waals surface area contributed by atoms with Crippen LogP contribution >= 0.6 is 11.6 Å². The van der Waals surface area contributed by atoms with Crippen LogP contribution in [0.1, 0.15) is 19.3 Å². The molecule has 0 aliphatic carbocycles. The van der Waals surface area contributed by atoms with Gasteiger partial charge in [0.05, 0.1) is 41.9 Å². The van der Waals surface area contributed by atoms with Gasteiger partial charge in [0.15, 0.2) is 0 Å². The molecule has 2 aliphatic heterocycles. The third-order valence-corrected chi connectivity index (χ3v) is 7.68. The van der Waals surface area contributed by atoms with Gasteiger partial charge in [0.25, 0.3) is 0 Å². The molecule has 11 heteroatoms. The number of imidazole rings is 1. The number of fused-ring (bicyclic) bond motifs is 1. The first kappa shape index (κ1) is 25.4. The van der Waals surface area contributed by atoms with Crippen molar-refractivity contribution in [2.75, 3.05) is 50.1 Å². The molecule has 6 rings (SSSR count). The molecular formula is C28H31ClN8O2. The van der Waals surface area contributed by atoms with Gasteiger partial charge >= 0.3 is 0 Å². The lowest BCUT2D eigenvalue weighted by Gasteiger charge is -2.38. The van der Waals surface area contributed by atoms with E-state index in [1.807, 2.05) is 51.9 Å². The van der Waals surface area contributed by atoms with Gasteiger partial charge in [-0.2, -0.15) is 0 Å². The van der Waals surface area contributed by atoms with E-state index < -0.39 is 0 Å². The van der Waals surface area contributed by atoms with Crippen molar-refractivity contribution in [1.29, 1.82) is 0 Å². The molecule has 5 heterocycles. The summed E-state index contributed by atoms with van der Waals surface area (Å²) in [5.41, 5.74) is 3.96. The zero-order chi connectivity index (χ0) is 26.8. The number of rotatable bonds is 6. The van der Waals surface area contributed by atoms with Crippen molar-refractivity contribution in [3.8, 4) is 17.1 Å². The average Bonchev–Trinajstić information content (AvgIpc) is 3.42. The van der Waals surface area contributed by atoms with Crippen LogP contribution in [0.5, 0.6) is 5.75 Å². The molecule has 3 aromatic heterocycles. The summed E-state index contributed by atoms with van der Waals surface area (Å²) in [7, 11) is 1.64. The van der Waals surface area contributed by atoms with Crippen molar-refractivity contribution < 1.29 is 9.53 Å². The molecule has 1 atom stereocenters. The maximum Gasteiger partial charge on any atom is 0.239 e. The van der Waals surface area contributed by atoms with Crippen molar-refractivity contribution in [2.45, 2.75) is 25.3 Å². The first-order valence-corrected chi connectivity index (χ1v) is 13.7. The van der Waals surface area contributed by atoms with Gasteiger partial charge in [0, 0.05) is 44.1 Å². The number of aromatic nitrogens is 4. The molecule has 4 aromatic rings. The fourth-order valence-electron chi connectivity index (χ4n) is 5.28. The maximum absolute atomic E-state index is 12.9. The number of amides is 1. The number of piperidine rings is 1. The Balaban J connectivity index is 1.16. The van der Waals surface area contributed by atoms with Crippen LogP contribution in [0.25, 0.3) is 17.0 Å². The number of hydrogen-bond acceptors (Lipinski definition) is 8. The Morgan fingerprint density at radius 2 is 1.97 bits per heavy atom. The minimum absolute atomic E-state index is 0.0287. The number of ether oxygens (including phenoxy) is 1. The predicted molar refractivity (Wildman–Crippen MR) is 152 cm³/mol. The molecule has 2 N–H and O–H groups in total. The number of benzene rings is 1. The molecule has 2 aliphatic rings. The number of anilines is 3. The van der Waals surface area contributed by atoms with Gasteiger partial charge in [-0.15, -0.1) is 0 Å². The van der Waals surface area contributed by atoms with Crippen molar-refractivity contribution in [1.82, 2.24) is 29.6 Å². The van der Waals surface area contributed by atoms with E-state index in [2.05, 4.69) is 30.5 Å². The molecule has 2 fully saturated rings. The normalized spacial score (nSPS) is 17.8. The van der Waals surface area contributed by atoms with E-state index in [0.717, 1.165) is 61.6 Å². The summed E-state index contributed by atoms with van der Waals surface area (Å²) in [5, 5.41) is 7.08. The second-order valence-corrected chi connectivity index (χ2v) is 10.2.